The predicted octanol–water partition coefficient (Wildman–Crippen LogP) is 6.41. The number of ether oxygens (including phenoxy) is 5. The molecule has 5 amide bonds. The summed E-state index contributed by atoms with van der Waals surface area (Å²) in [5.74, 6) is -2.06. The number of nitrogens with one attached hydrogen (secondary N) is 1. The molecule has 0 saturated carbocycles. The van der Waals surface area contributed by atoms with Gasteiger partial charge in [0, 0.05) is 13.1 Å². The van der Waals surface area contributed by atoms with Gasteiger partial charge in [-0.2, -0.15) is 0 Å². The van der Waals surface area contributed by atoms with Gasteiger partial charge in [0.15, 0.2) is 0 Å². The van der Waals surface area contributed by atoms with Crippen molar-refractivity contribution in [3.8, 4) is 5.75 Å². The fourth-order valence-electron chi connectivity index (χ4n) is 5.40. The highest BCUT2D eigenvalue weighted by atomic mass is 16.7. The first-order valence-electron chi connectivity index (χ1n) is 18.9. The Morgan fingerprint density at radius 1 is 0.759 bits per heavy atom. The van der Waals surface area contributed by atoms with Crippen LogP contribution in [-0.4, -0.2) is 112 Å². The summed E-state index contributed by atoms with van der Waals surface area (Å²) < 4.78 is 28.1. The van der Waals surface area contributed by atoms with Crippen LogP contribution in [0.1, 0.15) is 115 Å². The van der Waals surface area contributed by atoms with E-state index in [1.807, 2.05) is 0 Å². The van der Waals surface area contributed by atoms with Gasteiger partial charge in [0.25, 0.3) is 11.8 Å². The second kappa shape index (κ2) is 17.4. The molecule has 0 fully saturated rings. The van der Waals surface area contributed by atoms with Crippen molar-refractivity contribution in [2.75, 3.05) is 26.2 Å². The molecular formula is C41H55N5O12. The minimum atomic E-state index is -1.51. The highest BCUT2D eigenvalue weighted by Gasteiger charge is 2.42. The van der Waals surface area contributed by atoms with Gasteiger partial charge in [0.2, 0.25) is 12.1 Å². The van der Waals surface area contributed by atoms with E-state index in [2.05, 4.69) is 5.32 Å². The Labute approximate surface area is 338 Å². The molecule has 316 valence electrons. The number of amides is 5. The summed E-state index contributed by atoms with van der Waals surface area (Å²) in [6, 6.07) is 12.1. The lowest BCUT2D eigenvalue weighted by Crippen LogP contribution is -2.52. The normalized spacial score (nSPS) is 16.3. The van der Waals surface area contributed by atoms with Crippen molar-refractivity contribution in [3.05, 3.63) is 65.2 Å². The number of guanidine groups is 1. The topological polar surface area (TPSA) is 192 Å². The van der Waals surface area contributed by atoms with E-state index in [-0.39, 0.29) is 42.5 Å². The van der Waals surface area contributed by atoms with Crippen molar-refractivity contribution in [1.82, 2.24) is 20.2 Å². The monoisotopic (exact) mass is 809 g/mol. The molecule has 2 aliphatic heterocycles. The fraction of sp³-hybridized carbons (Fsp3) is 0.537. The van der Waals surface area contributed by atoms with Crippen LogP contribution in [0.2, 0.25) is 0 Å². The van der Waals surface area contributed by atoms with Crippen molar-refractivity contribution >= 4 is 42.0 Å². The predicted molar refractivity (Wildman–Crippen MR) is 210 cm³/mol. The number of benzene rings is 2. The third-order valence-electron chi connectivity index (χ3n) is 7.67. The molecule has 1 N–H and O–H groups in total. The quantitative estimate of drug-likeness (QED) is 0.158. The van der Waals surface area contributed by atoms with Crippen LogP contribution in [0, 0.1) is 0 Å². The zero-order valence-electron chi connectivity index (χ0n) is 35.3. The molecular weight excluding hydrogens is 754 g/mol. The molecule has 0 saturated heterocycles. The summed E-state index contributed by atoms with van der Waals surface area (Å²) in [4.78, 5) is 91.7. The summed E-state index contributed by atoms with van der Waals surface area (Å²) >= 11 is 0. The third kappa shape index (κ3) is 12.6. The van der Waals surface area contributed by atoms with Gasteiger partial charge in [-0.15, -0.1) is 5.06 Å². The number of carbonyl (C=O) groups excluding carboxylic acids is 6. The van der Waals surface area contributed by atoms with Crippen molar-refractivity contribution in [2.45, 2.75) is 118 Å². The second-order valence-corrected chi connectivity index (χ2v) is 17.6. The van der Waals surface area contributed by atoms with E-state index >= 15 is 0 Å². The van der Waals surface area contributed by atoms with Crippen LogP contribution in [-0.2, 0) is 28.6 Å². The Bertz CT molecular complexity index is 1870. The van der Waals surface area contributed by atoms with E-state index in [0.717, 1.165) is 4.90 Å². The molecule has 0 aliphatic carbocycles. The standard InChI is InChI=1S/C41H55N5O12/c1-38(2,3)54-33(49)30(58-46-31(47)27-15-13-14-16-28(27)32(46)48)24-53-26-19-17-25(18-20-26)29-23-45(37(52)57-41(10,11)12)34(43-29)44(36(51)56-40(7,8)9)22-21-42-35(50)55-39(4,5)6/h13-20,29-30H,21-24H2,1-12H3,(H,42,50). The molecule has 2 heterocycles. The van der Waals surface area contributed by atoms with Gasteiger partial charge in [0.05, 0.1) is 23.7 Å². The largest absolute Gasteiger partial charge is 0.490 e. The molecule has 0 bridgehead atoms. The van der Waals surface area contributed by atoms with Gasteiger partial charge < -0.3 is 29.0 Å². The Balaban J connectivity index is 1.57. The zero-order chi connectivity index (χ0) is 43.4. The second-order valence-electron chi connectivity index (χ2n) is 17.6. The van der Waals surface area contributed by atoms with Gasteiger partial charge in [-0.1, -0.05) is 24.3 Å². The maximum absolute atomic E-state index is 13.6. The van der Waals surface area contributed by atoms with Crippen LogP contribution in [0.4, 0.5) is 14.4 Å². The average Bonchev–Trinajstić information content (AvgIpc) is 3.61. The molecule has 58 heavy (non-hydrogen) atoms. The molecule has 4 rings (SSSR count). The number of hydrogen-bond acceptors (Lipinski definition) is 13. The van der Waals surface area contributed by atoms with Gasteiger partial charge in [-0.3, -0.25) is 9.59 Å². The smallest absolute Gasteiger partial charge is 0.417 e. The molecule has 2 atom stereocenters. The number of esters is 1. The minimum Gasteiger partial charge on any atom is -0.490 e. The van der Waals surface area contributed by atoms with Crippen molar-refractivity contribution < 1.29 is 57.3 Å². The number of rotatable bonds is 10. The van der Waals surface area contributed by atoms with Gasteiger partial charge in [-0.25, -0.2) is 38.8 Å². The molecule has 0 radical (unpaired) electrons. The SMILES string of the molecule is CC(C)(C)OC(=O)NCCN(C(=O)OC(C)(C)C)C1=NC(c2ccc(OCC(ON3C(=O)c4ccccc4C3=O)C(=O)OC(C)(C)C)cc2)CN1C(=O)OC(C)(C)C. The Hall–Kier alpha value is -5.71. The Morgan fingerprint density at radius 2 is 1.29 bits per heavy atom. The summed E-state index contributed by atoms with van der Waals surface area (Å²) in [7, 11) is 0. The number of aliphatic imine (C=N–C) groups is 1. The lowest BCUT2D eigenvalue weighted by molar-refractivity contribution is -0.193. The van der Waals surface area contributed by atoms with E-state index < -0.39 is 77.2 Å². The minimum absolute atomic E-state index is 0.0158. The van der Waals surface area contributed by atoms with Crippen LogP contribution < -0.4 is 10.1 Å². The summed E-state index contributed by atoms with van der Waals surface area (Å²) in [5, 5.41) is 3.15. The van der Waals surface area contributed by atoms with E-state index in [0.29, 0.717) is 10.6 Å². The lowest BCUT2D eigenvalue weighted by Gasteiger charge is -2.31. The van der Waals surface area contributed by atoms with E-state index in [4.69, 9.17) is 33.5 Å². The summed E-state index contributed by atoms with van der Waals surface area (Å²) in [5.41, 5.74) is -2.54. The molecule has 2 aliphatic rings. The van der Waals surface area contributed by atoms with Crippen LogP contribution in [0.25, 0.3) is 0 Å². The van der Waals surface area contributed by atoms with E-state index in [9.17, 15) is 28.8 Å². The number of nitrogens with zero attached hydrogens (tertiary/aromatic N) is 4. The van der Waals surface area contributed by atoms with Crippen molar-refractivity contribution in [2.24, 2.45) is 4.99 Å². The van der Waals surface area contributed by atoms with Crippen LogP contribution in [0.15, 0.2) is 53.5 Å². The average molecular weight is 810 g/mol. The first kappa shape index (κ1) is 45.0. The third-order valence-corrected chi connectivity index (χ3v) is 7.67. The summed E-state index contributed by atoms with van der Waals surface area (Å²) in [6.45, 7) is 19.8. The molecule has 2 aromatic carbocycles. The van der Waals surface area contributed by atoms with Crippen molar-refractivity contribution in [3.63, 3.8) is 0 Å². The molecule has 2 aromatic rings. The van der Waals surface area contributed by atoms with Crippen molar-refractivity contribution in [1.29, 1.82) is 0 Å². The number of alkyl carbamates (subject to hydrolysis) is 1. The number of fused-ring (bicyclic) bond motifs is 1. The summed E-state index contributed by atoms with van der Waals surface area (Å²) in [6.07, 6.45) is -3.76. The number of hydroxylamine groups is 2. The number of hydrogen-bond donors (Lipinski definition) is 1. The Kier molecular flexibility index (Phi) is 13.5. The highest BCUT2D eigenvalue weighted by molar-refractivity contribution is 6.20. The van der Waals surface area contributed by atoms with Gasteiger partial charge >= 0.3 is 24.2 Å². The molecule has 17 heteroatoms. The maximum Gasteiger partial charge on any atom is 0.417 e. The molecule has 0 aromatic heterocycles. The first-order chi connectivity index (χ1) is 26.7. The van der Waals surface area contributed by atoms with Crippen LogP contribution in [0.5, 0.6) is 5.75 Å². The molecule has 0 spiro atoms. The lowest BCUT2D eigenvalue weighted by atomic mass is 10.1. The van der Waals surface area contributed by atoms with Crippen LogP contribution in [0.3, 0.4) is 0 Å². The van der Waals surface area contributed by atoms with E-state index in [1.165, 1.54) is 17.0 Å². The maximum atomic E-state index is 13.6. The van der Waals surface area contributed by atoms with Crippen LogP contribution >= 0.6 is 0 Å². The number of imide groups is 1. The number of carbonyl (C=O) groups is 6. The zero-order valence-corrected chi connectivity index (χ0v) is 35.3. The van der Waals surface area contributed by atoms with Gasteiger partial charge in [0.1, 0.15) is 34.8 Å². The first-order valence-corrected chi connectivity index (χ1v) is 18.9. The van der Waals surface area contributed by atoms with Gasteiger partial charge in [-0.05, 0) is 113 Å². The Morgan fingerprint density at radius 3 is 1.81 bits per heavy atom. The molecule has 2 unspecified atom stereocenters. The highest BCUT2D eigenvalue weighted by Crippen LogP contribution is 2.30. The van der Waals surface area contributed by atoms with E-state index in [1.54, 1.807) is 119 Å². The fourth-order valence-corrected chi connectivity index (χ4v) is 5.40. The molecule has 17 nitrogen and oxygen atoms in total.